The van der Waals surface area contributed by atoms with Gasteiger partial charge >= 0.3 is 29.6 Å². The van der Waals surface area contributed by atoms with E-state index in [0.29, 0.717) is 5.19 Å². The number of carbonyl (C=O) groups excluding carboxylic acids is 1. The second-order valence-corrected chi connectivity index (χ2v) is 5.52. The van der Waals surface area contributed by atoms with Crippen molar-refractivity contribution in [1.29, 1.82) is 0 Å². The molecule has 4 nitrogen and oxygen atoms in total. The van der Waals surface area contributed by atoms with E-state index in [1.165, 1.54) is 11.3 Å². The van der Waals surface area contributed by atoms with Gasteiger partial charge in [0.2, 0.25) is 0 Å². The molecular weight excluding hydrogens is 307 g/mol. The Morgan fingerprint density at radius 2 is 1.82 bits per heavy atom. The third kappa shape index (κ3) is 3.87. The Labute approximate surface area is 155 Å². The Balaban J connectivity index is 0.00000176. The van der Waals surface area contributed by atoms with Crippen molar-refractivity contribution in [2.24, 2.45) is 0 Å². The minimum absolute atomic E-state index is 0. The second-order valence-electron chi connectivity index (χ2n) is 4.52. The molecule has 0 spiro atoms. The van der Waals surface area contributed by atoms with E-state index in [1.54, 1.807) is 11.9 Å². The van der Waals surface area contributed by atoms with E-state index in [-0.39, 0.29) is 42.1 Å². The summed E-state index contributed by atoms with van der Waals surface area (Å²) >= 11 is 1.44. The van der Waals surface area contributed by atoms with Crippen molar-refractivity contribution in [2.75, 3.05) is 18.6 Å². The van der Waals surface area contributed by atoms with Crippen molar-refractivity contribution in [2.45, 2.75) is 0 Å². The molecule has 0 fully saturated rings. The van der Waals surface area contributed by atoms with Gasteiger partial charge in [-0.05, 0) is 24.3 Å². The minimum atomic E-state index is -0.111. The molecule has 0 saturated carbocycles. The fourth-order valence-corrected chi connectivity index (χ4v) is 2.74. The van der Waals surface area contributed by atoms with Gasteiger partial charge < -0.3 is 9.64 Å². The summed E-state index contributed by atoms with van der Waals surface area (Å²) < 4.78 is 6.56. The number of fused-ring (bicyclic) bond motifs is 1. The van der Waals surface area contributed by atoms with Crippen LogP contribution in [0.15, 0.2) is 54.6 Å². The first-order valence-corrected chi connectivity index (χ1v) is 7.35. The molecule has 22 heavy (non-hydrogen) atoms. The Hall–Kier alpha value is -1.40. The molecule has 1 amide bonds. The fourth-order valence-electron chi connectivity index (χ4n) is 1.93. The summed E-state index contributed by atoms with van der Waals surface area (Å²) in [5, 5.41) is 0.519. The quantitative estimate of drug-likeness (QED) is 0.694. The third-order valence-electron chi connectivity index (χ3n) is 3.11. The summed E-state index contributed by atoms with van der Waals surface area (Å²) in [5.41, 5.74) is 1.73. The van der Waals surface area contributed by atoms with Crippen LogP contribution in [-0.4, -0.2) is 54.1 Å². The van der Waals surface area contributed by atoms with Crippen molar-refractivity contribution in [3.8, 4) is 5.19 Å². The van der Waals surface area contributed by atoms with E-state index in [2.05, 4.69) is 4.98 Å². The predicted molar refractivity (Wildman–Crippen MR) is 92.1 cm³/mol. The number of para-hydroxylation sites is 2. The molecule has 1 heterocycles. The van der Waals surface area contributed by atoms with Gasteiger partial charge in [0.25, 0.3) is 11.1 Å². The van der Waals surface area contributed by atoms with Crippen LogP contribution in [0.1, 0.15) is 0 Å². The molecule has 3 aromatic rings. The molecule has 1 aromatic heterocycles. The van der Waals surface area contributed by atoms with Crippen LogP contribution in [0.2, 0.25) is 0 Å². The van der Waals surface area contributed by atoms with Crippen LogP contribution in [0.5, 0.6) is 5.19 Å². The maximum atomic E-state index is 12.1. The molecule has 108 valence electrons. The zero-order chi connectivity index (χ0) is 14.7. The third-order valence-corrected chi connectivity index (χ3v) is 4.06. The summed E-state index contributed by atoms with van der Waals surface area (Å²) in [6.45, 7) is -0.0226. The van der Waals surface area contributed by atoms with Gasteiger partial charge in [0.1, 0.15) is 0 Å². The van der Waals surface area contributed by atoms with Crippen LogP contribution in [-0.2, 0) is 4.79 Å². The molecule has 2 aromatic carbocycles. The van der Waals surface area contributed by atoms with E-state index in [1.807, 2.05) is 54.6 Å². The summed E-state index contributed by atoms with van der Waals surface area (Å²) in [6.07, 6.45) is 0. The number of likely N-dealkylation sites (N-methyl/N-ethyl adjacent to an activating group) is 1. The topological polar surface area (TPSA) is 42.4 Å². The van der Waals surface area contributed by atoms with E-state index < -0.39 is 0 Å². The molecule has 0 N–H and O–H groups in total. The predicted octanol–water partition coefficient (Wildman–Crippen LogP) is 2.69. The summed E-state index contributed by atoms with van der Waals surface area (Å²) in [7, 11) is 1.74. The van der Waals surface area contributed by atoms with E-state index in [0.717, 1.165) is 15.9 Å². The number of aromatic nitrogens is 1. The number of anilines is 1. The van der Waals surface area contributed by atoms with Crippen molar-refractivity contribution in [3.63, 3.8) is 0 Å². The normalized spacial score (nSPS) is 10.0. The molecule has 0 aliphatic carbocycles. The number of rotatable bonds is 4. The summed E-state index contributed by atoms with van der Waals surface area (Å²) in [5.74, 6) is -0.111. The average molecular weight is 322 g/mol. The number of thiazole rings is 1. The number of ether oxygens (including phenoxy) is 1. The molecule has 0 unspecified atom stereocenters. The van der Waals surface area contributed by atoms with Gasteiger partial charge in [0.05, 0.1) is 10.2 Å². The number of hydrogen-bond donors (Lipinski definition) is 0. The van der Waals surface area contributed by atoms with Gasteiger partial charge in [-0.3, -0.25) is 4.79 Å². The molecule has 0 aliphatic rings. The second kappa shape index (κ2) is 7.74. The van der Waals surface area contributed by atoms with Crippen LogP contribution in [0.4, 0.5) is 5.69 Å². The Morgan fingerprint density at radius 3 is 2.55 bits per heavy atom. The number of carbonyl (C=O) groups is 1. The molecule has 0 aliphatic heterocycles. The van der Waals surface area contributed by atoms with E-state index in [9.17, 15) is 4.79 Å². The van der Waals surface area contributed by atoms with Crippen LogP contribution < -0.4 is 9.64 Å². The van der Waals surface area contributed by atoms with Crippen molar-refractivity contribution in [1.82, 2.24) is 4.98 Å². The monoisotopic (exact) mass is 322 g/mol. The molecule has 0 radical (unpaired) electrons. The van der Waals surface area contributed by atoms with E-state index in [4.69, 9.17) is 4.74 Å². The maximum absolute atomic E-state index is 12.1. The Bertz CT molecular complexity index is 728. The molecule has 0 atom stereocenters. The van der Waals surface area contributed by atoms with Gasteiger partial charge in [-0.1, -0.05) is 41.7 Å². The first kappa shape index (κ1) is 17.0. The SMILES string of the molecule is CN(C(=O)COc1nc2ccccc2s1)c1ccccc1.[NaH]. The summed E-state index contributed by atoms with van der Waals surface area (Å²) in [4.78, 5) is 18.0. The van der Waals surface area contributed by atoms with Crippen molar-refractivity contribution in [3.05, 3.63) is 54.6 Å². The fraction of sp³-hybridized carbons (Fsp3) is 0.125. The van der Waals surface area contributed by atoms with E-state index >= 15 is 0 Å². The van der Waals surface area contributed by atoms with Crippen molar-refractivity contribution < 1.29 is 9.53 Å². The standard InChI is InChI=1S/C16H14N2O2S.Na.H/c1-18(12-7-3-2-4-8-12)15(19)11-20-16-17-13-9-5-6-10-14(13)21-16;;/h2-10H,11H2,1H3;;. The number of amides is 1. The van der Waals surface area contributed by atoms with Crippen LogP contribution in [0, 0.1) is 0 Å². The molecule has 3 rings (SSSR count). The molecule has 0 saturated heterocycles. The Kier molecular flexibility index (Phi) is 5.97. The van der Waals surface area contributed by atoms with Gasteiger partial charge in [-0.25, -0.2) is 4.98 Å². The zero-order valence-corrected chi connectivity index (χ0v) is 12.3. The molecule has 6 heteroatoms. The van der Waals surface area contributed by atoms with Gasteiger partial charge in [-0.2, -0.15) is 0 Å². The van der Waals surface area contributed by atoms with Crippen LogP contribution in [0.25, 0.3) is 10.2 Å². The first-order chi connectivity index (χ1) is 10.2. The first-order valence-electron chi connectivity index (χ1n) is 6.54. The Morgan fingerprint density at radius 1 is 1.14 bits per heavy atom. The average Bonchev–Trinajstić information content (AvgIpc) is 2.95. The number of nitrogens with zero attached hydrogens (tertiary/aromatic N) is 2. The number of hydrogen-bond acceptors (Lipinski definition) is 4. The number of benzene rings is 2. The molecular formula is C16H15N2NaO2S. The zero-order valence-electron chi connectivity index (χ0n) is 11.5. The molecule has 0 bridgehead atoms. The summed E-state index contributed by atoms with van der Waals surface area (Å²) in [6, 6.07) is 17.3. The van der Waals surface area contributed by atoms with Crippen molar-refractivity contribution >= 4 is 62.7 Å². The van der Waals surface area contributed by atoms with Gasteiger partial charge in [0, 0.05) is 12.7 Å². The van der Waals surface area contributed by atoms with Gasteiger partial charge in [0.15, 0.2) is 6.61 Å². The van der Waals surface area contributed by atoms with Gasteiger partial charge in [-0.15, -0.1) is 0 Å². The van der Waals surface area contributed by atoms with Crippen LogP contribution in [0.3, 0.4) is 0 Å². The van der Waals surface area contributed by atoms with Crippen LogP contribution >= 0.6 is 11.3 Å².